The van der Waals surface area contributed by atoms with Crippen molar-refractivity contribution in [3.63, 3.8) is 0 Å². The van der Waals surface area contributed by atoms with Crippen LogP contribution in [0.5, 0.6) is 5.75 Å². The van der Waals surface area contributed by atoms with Crippen molar-refractivity contribution in [3.8, 4) is 5.75 Å². The predicted octanol–water partition coefficient (Wildman–Crippen LogP) is 2.59. The number of rotatable bonds is 10. The van der Waals surface area contributed by atoms with Crippen molar-refractivity contribution in [1.82, 2.24) is 25.0 Å². The van der Waals surface area contributed by atoms with Crippen molar-refractivity contribution in [1.29, 1.82) is 0 Å². The first-order valence-corrected chi connectivity index (χ1v) is 15.9. The topological polar surface area (TPSA) is 165 Å². The third-order valence-corrected chi connectivity index (χ3v) is 7.66. The lowest BCUT2D eigenvalue weighted by Gasteiger charge is -2.36. The van der Waals surface area contributed by atoms with Gasteiger partial charge in [-0.25, -0.2) is 9.78 Å². The van der Waals surface area contributed by atoms with Crippen LogP contribution >= 0.6 is 0 Å². The first kappa shape index (κ1) is 35.1. The Kier molecular flexibility index (Phi) is 11.4. The van der Waals surface area contributed by atoms with E-state index in [4.69, 9.17) is 14.2 Å². The fourth-order valence-electron chi connectivity index (χ4n) is 5.36. The Morgan fingerprint density at radius 3 is 2.34 bits per heavy atom. The molecule has 14 heteroatoms. The van der Waals surface area contributed by atoms with E-state index >= 15 is 0 Å². The van der Waals surface area contributed by atoms with Crippen molar-refractivity contribution in [3.05, 3.63) is 35.5 Å². The molecule has 0 saturated carbocycles. The Labute approximate surface area is 273 Å². The number of esters is 1. The number of aromatic nitrogens is 1. The molecule has 1 unspecified atom stereocenters. The standard InChI is InChI=1S/C33H43N5O9/c1-6-45-32(44)37-16-14-36(15-17-37)31(43)23(11-12-29(41)47-33(3,4)5)35-30(42)25-19-26(22-10-9-21(2)18-24(22)34-25)46-20-28(40)38-13-7-8-27(38)39/h9-10,18-19,23H,6-8,11-17,20H2,1-5H3,(H,35,42). The van der Waals surface area contributed by atoms with Crippen LogP contribution in [0.3, 0.4) is 0 Å². The van der Waals surface area contributed by atoms with Crippen LogP contribution in [-0.2, 0) is 28.7 Å². The van der Waals surface area contributed by atoms with E-state index in [-0.39, 0.29) is 63.0 Å². The number of ether oxygens (including phenoxy) is 3. The Morgan fingerprint density at radius 1 is 1.00 bits per heavy atom. The number of nitrogens with one attached hydrogen (secondary N) is 1. The molecule has 47 heavy (non-hydrogen) atoms. The molecule has 0 spiro atoms. The van der Waals surface area contributed by atoms with E-state index in [0.717, 1.165) is 10.5 Å². The predicted molar refractivity (Wildman–Crippen MR) is 169 cm³/mol. The zero-order valence-corrected chi connectivity index (χ0v) is 27.6. The molecule has 254 valence electrons. The number of benzene rings is 1. The van der Waals surface area contributed by atoms with Crippen LogP contribution < -0.4 is 10.1 Å². The summed E-state index contributed by atoms with van der Waals surface area (Å²) in [7, 11) is 0. The van der Waals surface area contributed by atoms with E-state index in [2.05, 4.69) is 10.3 Å². The molecule has 5 amide bonds. The number of pyridine rings is 1. The van der Waals surface area contributed by atoms with Gasteiger partial charge in [0.2, 0.25) is 11.8 Å². The third-order valence-electron chi connectivity index (χ3n) is 7.66. The summed E-state index contributed by atoms with van der Waals surface area (Å²) < 4.78 is 16.3. The van der Waals surface area contributed by atoms with E-state index in [0.29, 0.717) is 30.3 Å². The Morgan fingerprint density at radius 2 is 1.70 bits per heavy atom. The van der Waals surface area contributed by atoms with E-state index in [1.54, 1.807) is 39.8 Å². The van der Waals surface area contributed by atoms with Crippen LogP contribution in [0.2, 0.25) is 0 Å². The smallest absolute Gasteiger partial charge is 0.409 e. The van der Waals surface area contributed by atoms with Crippen molar-refractivity contribution < 1.29 is 43.0 Å². The third kappa shape index (κ3) is 9.39. The van der Waals surface area contributed by atoms with Gasteiger partial charge in [-0.15, -0.1) is 0 Å². The second kappa shape index (κ2) is 15.2. The van der Waals surface area contributed by atoms with Gasteiger partial charge in [-0.2, -0.15) is 0 Å². The van der Waals surface area contributed by atoms with Crippen LogP contribution in [0.4, 0.5) is 4.79 Å². The SMILES string of the molecule is CCOC(=O)N1CCN(C(=O)C(CCC(=O)OC(C)(C)C)NC(=O)c2cc(OCC(=O)N3CCCC3=O)c3ccc(C)cc3n2)CC1. The van der Waals surface area contributed by atoms with E-state index < -0.39 is 48.0 Å². The highest BCUT2D eigenvalue weighted by Crippen LogP contribution is 2.27. The number of piperazine rings is 1. The molecule has 1 atom stereocenters. The number of hydrogen-bond acceptors (Lipinski definition) is 10. The van der Waals surface area contributed by atoms with Gasteiger partial charge in [0, 0.05) is 57.0 Å². The molecule has 0 radical (unpaired) electrons. The van der Waals surface area contributed by atoms with Crippen molar-refractivity contribution in [2.24, 2.45) is 0 Å². The highest BCUT2D eigenvalue weighted by Gasteiger charge is 2.32. The monoisotopic (exact) mass is 653 g/mol. The molecule has 2 aliphatic rings. The van der Waals surface area contributed by atoms with E-state index in [9.17, 15) is 28.8 Å². The van der Waals surface area contributed by atoms with Gasteiger partial charge >= 0.3 is 12.1 Å². The molecular weight excluding hydrogens is 610 g/mol. The molecule has 2 saturated heterocycles. The summed E-state index contributed by atoms with van der Waals surface area (Å²) in [6.45, 7) is 9.90. The van der Waals surface area contributed by atoms with Gasteiger partial charge in [0.05, 0.1) is 12.1 Å². The molecule has 1 aromatic heterocycles. The van der Waals surface area contributed by atoms with Gasteiger partial charge in [0.1, 0.15) is 23.1 Å². The number of carbonyl (C=O) groups excluding carboxylic acids is 6. The normalized spacial score (nSPS) is 15.8. The zero-order valence-electron chi connectivity index (χ0n) is 27.6. The number of carbonyl (C=O) groups is 6. The maximum atomic E-state index is 13.7. The number of hydrogen-bond donors (Lipinski definition) is 1. The highest BCUT2D eigenvalue weighted by molar-refractivity contribution is 6.00. The highest BCUT2D eigenvalue weighted by atomic mass is 16.6. The lowest BCUT2D eigenvalue weighted by atomic mass is 10.1. The van der Waals surface area contributed by atoms with Gasteiger partial charge < -0.3 is 29.3 Å². The minimum Gasteiger partial charge on any atom is -0.483 e. The summed E-state index contributed by atoms with van der Waals surface area (Å²) in [6, 6.07) is 5.66. The second-order valence-corrected chi connectivity index (χ2v) is 12.5. The molecule has 14 nitrogen and oxygen atoms in total. The lowest BCUT2D eigenvalue weighted by molar-refractivity contribution is -0.155. The van der Waals surface area contributed by atoms with Gasteiger partial charge in [-0.05, 0) is 65.2 Å². The summed E-state index contributed by atoms with van der Waals surface area (Å²) >= 11 is 0. The van der Waals surface area contributed by atoms with Crippen molar-refractivity contribution in [2.45, 2.75) is 71.9 Å². The van der Waals surface area contributed by atoms with E-state index in [1.165, 1.54) is 15.9 Å². The summed E-state index contributed by atoms with van der Waals surface area (Å²) in [5.74, 6) is -2.14. The quantitative estimate of drug-likeness (QED) is 0.377. The largest absolute Gasteiger partial charge is 0.483 e. The maximum absolute atomic E-state index is 13.7. The van der Waals surface area contributed by atoms with Crippen LogP contribution in [0.25, 0.3) is 10.9 Å². The molecule has 2 fully saturated rings. The average molecular weight is 654 g/mol. The number of nitrogens with zero attached hydrogens (tertiary/aromatic N) is 4. The summed E-state index contributed by atoms with van der Waals surface area (Å²) in [6.07, 6.45) is 0.279. The van der Waals surface area contributed by atoms with Crippen LogP contribution in [0, 0.1) is 6.92 Å². The fourth-order valence-corrected chi connectivity index (χ4v) is 5.36. The molecular formula is C33H43N5O9. The van der Waals surface area contributed by atoms with Gasteiger partial charge in [0.25, 0.3) is 11.8 Å². The molecule has 3 heterocycles. The Balaban J connectivity index is 1.54. The van der Waals surface area contributed by atoms with Crippen LogP contribution in [0.1, 0.15) is 69.4 Å². The number of likely N-dealkylation sites (tertiary alicyclic amines) is 1. The second-order valence-electron chi connectivity index (χ2n) is 12.5. The molecule has 1 aromatic carbocycles. The minimum absolute atomic E-state index is 0.0357. The maximum Gasteiger partial charge on any atom is 0.409 e. The first-order valence-electron chi connectivity index (χ1n) is 15.9. The number of amides is 5. The summed E-state index contributed by atoms with van der Waals surface area (Å²) in [5, 5.41) is 3.30. The molecule has 2 aliphatic heterocycles. The van der Waals surface area contributed by atoms with Crippen LogP contribution in [-0.4, -0.2) is 113 Å². The number of imide groups is 1. The van der Waals surface area contributed by atoms with Crippen molar-refractivity contribution >= 4 is 46.6 Å². The van der Waals surface area contributed by atoms with E-state index in [1.807, 2.05) is 13.0 Å². The van der Waals surface area contributed by atoms with Gasteiger partial charge in [-0.1, -0.05) is 6.07 Å². The summed E-state index contributed by atoms with van der Waals surface area (Å²) in [5.41, 5.74) is 0.518. The molecule has 1 N–H and O–H groups in total. The molecule has 2 aromatic rings. The molecule has 0 bridgehead atoms. The van der Waals surface area contributed by atoms with Crippen molar-refractivity contribution in [2.75, 3.05) is 45.9 Å². The lowest BCUT2D eigenvalue weighted by Crippen LogP contribution is -2.56. The zero-order chi connectivity index (χ0) is 34.3. The first-order chi connectivity index (χ1) is 22.3. The molecule has 0 aliphatic carbocycles. The van der Waals surface area contributed by atoms with Gasteiger partial charge in [-0.3, -0.25) is 28.9 Å². The number of fused-ring (bicyclic) bond motifs is 1. The fraction of sp³-hybridized carbons (Fsp3) is 0.545. The van der Waals surface area contributed by atoms with Crippen LogP contribution in [0.15, 0.2) is 24.3 Å². The summed E-state index contributed by atoms with van der Waals surface area (Å²) in [4.78, 5) is 85.6. The minimum atomic E-state index is -1.11. The Bertz CT molecular complexity index is 1530. The average Bonchev–Trinajstić information content (AvgIpc) is 3.46. The Hall–Kier alpha value is -4.75. The molecule has 4 rings (SSSR count). The number of aryl methyl sites for hydroxylation is 1. The van der Waals surface area contributed by atoms with Gasteiger partial charge in [0.15, 0.2) is 6.61 Å².